The third-order valence-corrected chi connectivity index (χ3v) is 5.36. The van der Waals surface area contributed by atoms with Gasteiger partial charge in [-0.15, -0.1) is 5.10 Å². The van der Waals surface area contributed by atoms with Crippen LogP contribution in [0.4, 0.5) is 23.3 Å². The summed E-state index contributed by atoms with van der Waals surface area (Å²) in [5.74, 6) is 3.18. The van der Waals surface area contributed by atoms with E-state index in [1.54, 1.807) is 22.4 Å². The second-order valence-electron chi connectivity index (χ2n) is 6.89. The SMILES string of the molecule is CC(C)N1CNc2c(NCc3ccccc3)nc(NCCSn3cncn3)nc21. The molecule has 4 rings (SSSR count). The Labute approximate surface area is 174 Å². The van der Waals surface area contributed by atoms with Crippen molar-refractivity contribution >= 4 is 35.2 Å². The second kappa shape index (κ2) is 8.99. The Morgan fingerprint density at radius 3 is 2.79 bits per heavy atom. The molecule has 3 N–H and O–H groups in total. The molecule has 0 saturated heterocycles. The summed E-state index contributed by atoms with van der Waals surface area (Å²) in [4.78, 5) is 15.7. The van der Waals surface area contributed by atoms with Crippen LogP contribution in [0.15, 0.2) is 43.0 Å². The van der Waals surface area contributed by atoms with Gasteiger partial charge in [-0.05, 0) is 31.4 Å². The molecule has 0 bridgehead atoms. The van der Waals surface area contributed by atoms with Gasteiger partial charge < -0.3 is 20.9 Å². The Morgan fingerprint density at radius 2 is 2.03 bits per heavy atom. The molecule has 1 aromatic carbocycles. The van der Waals surface area contributed by atoms with Crippen molar-refractivity contribution in [2.24, 2.45) is 0 Å². The highest BCUT2D eigenvalue weighted by Gasteiger charge is 2.27. The lowest BCUT2D eigenvalue weighted by Crippen LogP contribution is -2.30. The van der Waals surface area contributed by atoms with Gasteiger partial charge in [0.15, 0.2) is 11.6 Å². The van der Waals surface area contributed by atoms with E-state index >= 15 is 0 Å². The third-order valence-electron chi connectivity index (χ3n) is 4.52. The summed E-state index contributed by atoms with van der Waals surface area (Å²) in [5.41, 5.74) is 2.16. The van der Waals surface area contributed by atoms with E-state index in [0.717, 1.165) is 36.3 Å². The van der Waals surface area contributed by atoms with Gasteiger partial charge >= 0.3 is 0 Å². The van der Waals surface area contributed by atoms with Crippen molar-refractivity contribution in [1.29, 1.82) is 0 Å². The van der Waals surface area contributed by atoms with Crippen LogP contribution in [0.1, 0.15) is 19.4 Å². The fourth-order valence-corrected chi connectivity index (χ4v) is 3.65. The van der Waals surface area contributed by atoms with Crippen molar-refractivity contribution in [3.8, 4) is 0 Å². The number of fused-ring (bicyclic) bond motifs is 1. The Bertz CT molecular complexity index is 915. The molecule has 0 atom stereocenters. The Morgan fingerprint density at radius 1 is 1.17 bits per heavy atom. The number of aromatic nitrogens is 5. The summed E-state index contributed by atoms with van der Waals surface area (Å²) in [7, 11) is 0. The predicted octanol–water partition coefficient (Wildman–Crippen LogP) is 2.89. The van der Waals surface area contributed by atoms with Crippen LogP contribution in [0, 0.1) is 0 Å². The smallest absolute Gasteiger partial charge is 0.226 e. The predicted molar refractivity (Wildman–Crippen MR) is 118 cm³/mol. The average Bonchev–Trinajstić information content (AvgIpc) is 3.40. The fraction of sp³-hybridized carbons (Fsp3) is 0.368. The van der Waals surface area contributed by atoms with E-state index < -0.39 is 0 Å². The average molecular weight is 412 g/mol. The summed E-state index contributed by atoms with van der Waals surface area (Å²) in [5, 5.41) is 14.3. The van der Waals surface area contributed by atoms with Crippen LogP contribution < -0.4 is 20.9 Å². The number of hydrogen-bond donors (Lipinski definition) is 3. The van der Waals surface area contributed by atoms with Gasteiger partial charge in [-0.1, -0.05) is 30.3 Å². The highest BCUT2D eigenvalue weighted by molar-refractivity contribution is 7.97. The summed E-state index contributed by atoms with van der Waals surface area (Å²) in [6.07, 6.45) is 3.22. The number of nitrogens with zero attached hydrogens (tertiary/aromatic N) is 6. The van der Waals surface area contributed by atoms with Gasteiger partial charge in [-0.2, -0.15) is 14.1 Å². The molecular weight excluding hydrogens is 386 g/mol. The van der Waals surface area contributed by atoms with Crippen LogP contribution in [0.25, 0.3) is 0 Å². The molecule has 0 saturated carbocycles. The maximum atomic E-state index is 4.76. The number of hydrogen-bond acceptors (Lipinski definition) is 9. The number of anilines is 4. The molecular formula is C19H25N9S. The van der Waals surface area contributed by atoms with Gasteiger partial charge in [0.05, 0.1) is 6.67 Å². The molecule has 10 heteroatoms. The van der Waals surface area contributed by atoms with E-state index in [4.69, 9.17) is 9.97 Å². The molecule has 2 aromatic heterocycles. The lowest BCUT2D eigenvalue weighted by molar-refractivity contribution is 0.718. The molecule has 0 aliphatic carbocycles. The zero-order chi connectivity index (χ0) is 20.1. The Kier molecular flexibility index (Phi) is 5.99. The first kappa shape index (κ1) is 19.3. The Balaban J connectivity index is 1.47. The number of rotatable bonds is 9. The lowest BCUT2D eigenvalue weighted by Gasteiger charge is -2.22. The summed E-state index contributed by atoms with van der Waals surface area (Å²) >= 11 is 1.58. The summed E-state index contributed by atoms with van der Waals surface area (Å²) in [6.45, 7) is 6.48. The second-order valence-corrected chi connectivity index (χ2v) is 7.93. The lowest BCUT2D eigenvalue weighted by atomic mass is 10.2. The first-order valence-corrected chi connectivity index (χ1v) is 10.6. The minimum absolute atomic E-state index is 0.344. The first-order valence-electron chi connectivity index (χ1n) is 9.63. The third kappa shape index (κ3) is 4.70. The zero-order valence-electron chi connectivity index (χ0n) is 16.5. The fourth-order valence-electron chi connectivity index (χ4n) is 3.04. The van der Waals surface area contributed by atoms with Crippen LogP contribution in [-0.4, -0.2) is 49.1 Å². The van der Waals surface area contributed by atoms with E-state index in [1.807, 2.05) is 18.2 Å². The van der Waals surface area contributed by atoms with Gasteiger partial charge in [0, 0.05) is 24.9 Å². The molecule has 1 aliphatic heterocycles. The quantitative estimate of drug-likeness (QED) is 0.459. The highest BCUT2D eigenvalue weighted by Crippen LogP contribution is 2.37. The molecule has 9 nitrogen and oxygen atoms in total. The maximum absolute atomic E-state index is 4.76. The van der Waals surface area contributed by atoms with Crippen LogP contribution in [0.5, 0.6) is 0 Å². The van der Waals surface area contributed by atoms with Crippen molar-refractivity contribution in [2.45, 2.75) is 26.4 Å². The molecule has 152 valence electrons. The summed E-state index contributed by atoms with van der Waals surface area (Å²) in [6, 6.07) is 10.6. The van der Waals surface area contributed by atoms with Crippen LogP contribution >= 0.6 is 11.9 Å². The first-order chi connectivity index (χ1) is 14.2. The van der Waals surface area contributed by atoms with Gasteiger partial charge in [0.25, 0.3) is 0 Å². The maximum Gasteiger partial charge on any atom is 0.226 e. The van der Waals surface area contributed by atoms with Crippen LogP contribution in [0.2, 0.25) is 0 Å². The topological polar surface area (TPSA) is 95.8 Å². The van der Waals surface area contributed by atoms with Gasteiger partial charge in [0.2, 0.25) is 5.95 Å². The van der Waals surface area contributed by atoms with Crippen molar-refractivity contribution in [3.05, 3.63) is 48.5 Å². The summed E-state index contributed by atoms with van der Waals surface area (Å²) < 4.78 is 1.74. The normalized spacial score (nSPS) is 12.7. The standard InChI is InChI=1S/C19H25N9S/c1-14(2)27-13-23-16-17(22-10-15-6-4-3-5-7-15)25-19(26-18(16)27)21-8-9-29-28-12-20-11-24-28/h3-7,11-12,14,23H,8-10,13H2,1-2H3,(H2,21,22,25,26). The Hall–Kier alpha value is -3.01. The zero-order valence-corrected chi connectivity index (χ0v) is 17.4. The molecule has 0 radical (unpaired) electrons. The molecule has 1 aliphatic rings. The van der Waals surface area contributed by atoms with Gasteiger partial charge in [-0.25, -0.2) is 4.98 Å². The highest BCUT2D eigenvalue weighted by atomic mass is 32.2. The van der Waals surface area contributed by atoms with Crippen LogP contribution in [0.3, 0.4) is 0 Å². The van der Waals surface area contributed by atoms with Crippen molar-refractivity contribution in [3.63, 3.8) is 0 Å². The molecule has 29 heavy (non-hydrogen) atoms. The van der Waals surface area contributed by atoms with Gasteiger partial charge in [0.1, 0.15) is 18.3 Å². The monoisotopic (exact) mass is 411 g/mol. The van der Waals surface area contributed by atoms with Crippen LogP contribution in [-0.2, 0) is 6.54 Å². The van der Waals surface area contributed by atoms with E-state index in [-0.39, 0.29) is 0 Å². The molecule has 0 spiro atoms. The van der Waals surface area contributed by atoms with E-state index in [0.29, 0.717) is 18.5 Å². The molecule has 3 heterocycles. The van der Waals surface area contributed by atoms with Gasteiger partial charge in [-0.3, -0.25) is 0 Å². The van der Waals surface area contributed by atoms with E-state index in [2.05, 4.69) is 56.9 Å². The van der Waals surface area contributed by atoms with Crippen molar-refractivity contribution in [2.75, 3.05) is 39.8 Å². The number of benzene rings is 1. The molecule has 0 unspecified atom stereocenters. The van der Waals surface area contributed by atoms with E-state index in [9.17, 15) is 0 Å². The van der Waals surface area contributed by atoms with E-state index in [1.165, 1.54) is 11.9 Å². The largest absolute Gasteiger partial charge is 0.364 e. The molecule has 3 aromatic rings. The minimum Gasteiger partial charge on any atom is -0.364 e. The molecule has 0 amide bonds. The van der Waals surface area contributed by atoms with Crippen molar-refractivity contribution in [1.82, 2.24) is 24.1 Å². The molecule has 0 fully saturated rings. The minimum atomic E-state index is 0.344. The number of nitrogens with one attached hydrogen (secondary N) is 3. The van der Waals surface area contributed by atoms with Crippen molar-refractivity contribution < 1.29 is 0 Å².